The van der Waals surface area contributed by atoms with Gasteiger partial charge in [0, 0.05) is 71.7 Å². The van der Waals surface area contributed by atoms with Gasteiger partial charge in [-0.1, -0.05) is 184 Å². The van der Waals surface area contributed by atoms with Crippen LogP contribution in [0.25, 0.3) is 0 Å². The van der Waals surface area contributed by atoms with E-state index in [1.165, 1.54) is 6.08 Å². The molecule has 0 radical (unpaired) electrons. The topological polar surface area (TPSA) is 514 Å². The molecule has 1 heterocycles. The third-order valence-corrected chi connectivity index (χ3v) is 14.8. The minimum absolute atomic E-state index is 0. The summed E-state index contributed by atoms with van der Waals surface area (Å²) in [5.74, 6) is 11.8. The Morgan fingerprint density at radius 2 is 0.611 bits per heavy atom. The number of imide groups is 1. The van der Waals surface area contributed by atoms with Crippen LogP contribution in [0.4, 0.5) is 0 Å². The van der Waals surface area contributed by atoms with E-state index in [1.807, 2.05) is 166 Å². The molecule has 0 spiro atoms. The zero-order valence-corrected chi connectivity index (χ0v) is 72.6. The van der Waals surface area contributed by atoms with Gasteiger partial charge in [0.05, 0.1) is 11.1 Å². The van der Waals surface area contributed by atoms with E-state index < -0.39 is 72.1 Å². The molecule has 656 valence electrons. The van der Waals surface area contributed by atoms with Crippen LogP contribution in [0.1, 0.15) is 251 Å². The second kappa shape index (κ2) is 66.6. The van der Waals surface area contributed by atoms with Gasteiger partial charge in [-0.05, 0) is 128 Å². The van der Waals surface area contributed by atoms with Gasteiger partial charge in [0.25, 0.3) is 53.2 Å². The number of aliphatic hydroxyl groups is 1. The number of nitrogens with zero attached hydrogens (tertiary/aromatic N) is 1. The Hall–Kier alpha value is -7.64. The van der Waals surface area contributed by atoms with Crippen LogP contribution in [0.5, 0.6) is 0 Å². The molecule has 19 N–H and O–H groups in total. The molecule has 0 saturated heterocycles. The first kappa shape index (κ1) is 114. The number of amides is 12. The smallest absolute Gasteiger partial charge is 0.285 e. The van der Waals surface area contributed by atoms with Crippen LogP contribution in [0.3, 0.4) is 0 Å². The molecule has 1 aromatic rings. The second-order valence-electron chi connectivity index (χ2n) is 32.2. The summed E-state index contributed by atoms with van der Waals surface area (Å²) in [5, 5.41) is 24.5. The Bertz CT molecular complexity index is 2790. The highest BCUT2D eigenvalue weighted by atomic mass is 16.7. The van der Waals surface area contributed by atoms with Gasteiger partial charge in [0.2, 0.25) is 17.7 Å². The fourth-order valence-corrected chi connectivity index (χ4v) is 9.13. The van der Waals surface area contributed by atoms with Gasteiger partial charge in [-0.3, -0.25) is 93.4 Å². The lowest BCUT2D eigenvalue weighted by Gasteiger charge is -2.23. The van der Waals surface area contributed by atoms with Crippen molar-refractivity contribution in [3.63, 3.8) is 0 Å². The van der Waals surface area contributed by atoms with Crippen LogP contribution in [-0.2, 0) is 77.0 Å². The molecular weight excluding hydrogens is 1460 g/mol. The van der Waals surface area contributed by atoms with Gasteiger partial charge >= 0.3 is 0 Å². The Kier molecular flexibility index (Phi) is 67.2. The van der Waals surface area contributed by atoms with Crippen molar-refractivity contribution in [2.75, 3.05) is 46.4 Å². The maximum absolute atomic E-state index is 12.4. The summed E-state index contributed by atoms with van der Waals surface area (Å²) in [7, 11) is 1.00. The Balaban J connectivity index is -0.000000469. The number of fused-ring (bicyclic) bond motifs is 1. The van der Waals surface area contributed by atoms with Crippen molar-refractivity contribution < 1.29 is 97.1 Å². The lowest BCUT2D eigenvalue weighted by Crippen LogP contribution is -2.44. The monoisotopic (exact) mass is 1620 g/mol. The normalized spacial score (nSPS) is 13.2. The summed E-state index contributed by atoms with van der Waals surface area (Å²) in [6.07, 6.45) is 0.965. The van der Waals surface area contributed by atoms with Crippen molar-refractivity contribution in [1.29, 1.82) is 0 Å². The fraction of sp³-hybridized carbons (Fsp3) is 0.747. The predicted octanol–water partition coefficient (Wildman–Crippen LogP) is 6.10. The molecule has 0 saturated carbocycles. The van der Waals surface area contributed by atoms with E-state index in [-0.39, 0.29) is 96.2 Å². The third kappa shape index (κ3) is 59.7. The number of carbonyl (C=O) groups is 12. The van der Waals surface area contributed by atoms with Crippen LogP contribution < -0.4 is 71.4 Å². The Morgan fingerprint density at radius 1 is 0.372 bits per heavy atom. The van der Waals surface area contributed by atoms with Gasteiger partial charge in [-0.25, -0.2) is 32.7 Å². The average Bonchev–Trinajstić information content (AvgIpc) is 1.64. The molecule has 0 unspecified atom stereocenters. The lowest BCUT2D eigenvalue weighted by molar-refractivity contribution is -0.162. The van der Waals surface area contributed by atoms with Crippen molar-refractivity contribution >= 4 is 70.9 Å². The molecule has 6 atom stereocenters. The number of nitrogens with two attached hydrogens (primary N) is 3. The van der Waals surface area contributed by atoms with Crippen molar-refractivity contribution in [2.24, 2.45) is 88.6 Å². The number of rotatable bonds is 48. The first-order valence-corrected chi connectivity index (χ1v) is 39.3. The van der Waals surface area contributed by atoms with Crippen LogP contribution in [0, 0.1) is 71.0 Å². The summed E-state index contributed by atoms with van der Waals surface area (Å²) < 4.78 is 0. The van der Waals surface area contributed by atoms with Crippen LogP contribution in [-0.4, -0.2) is 170 Å². The maximum Gasteiger partial charge on any atom is 0.285 e. The quantitative estimate of drug-likeness (QED) is 0.0152. The zero-order chi connectivity index (χ0) is 86.9. The van der Waals surface area contributed by atoms with Gasteiger partial charge < -0.3 is 42.5 Å². The number of carbonyl (C=O) groups excluding carboxylic acids is 12. The molecule has 12 amide bonds. The summed E-state index contributed by atoms with van der Waals surface area (Å²) >= 11 is 0. The van der Waals surface area contributed by atoms with E-state index in [1.54, 1.807) is 24.3 Å². The van der Waals surface area contributed by atoms with E-state index in [4.69, 9.17) is 35.2 Å². The van der Waals surface area contributed by atoms with E-state index in [9.17, 15) is 57.5 Å². The van der Waals surface area contributed by atoms with Crippen LogP contribution >= 0.6 is 0 Å². The third-order valence-electron chi connectivity index (χ3n) is 14.8. The average molecular weight is 1620 g/mol. The van der Waals surface area contributed by atoms with Crippen molar-refractivity contribution in [2.45, 2.75) is 267 Å². The molecule has 0 aromatic heterocycles. The highest BCUT2D eigenvalue weighted by molar-refractivity contribution is 6.20. The molecule has 2 rings (SSSR count). The maximum atomic E-state index is 12.4. The molecule has 34 heteroatoms. The molecule has 1 aliphatic heterocycles. The number of hydrogen-bond acceptors (Lipinski definition) is 22. The van der Waals surface area contributed by atoms with Crippen LogP contribution in [0.2, 0.25) is 0 Å². The predicted molar refractivity (Wildman–Crippen MR) is 434 cm³/mol. The molecule has 0 bridgehead atoms. The van der Waals surface area contributed by atoms with Gasteiger partial charge in [0.15, 0.2) is 36.6 Å². The second-order valence-corrected chi connectivity index (χ2v) is 32.2. The number of aliphatic hydroxyl groups excluding tert-OH is 1. The van der Waals surface area contributed by atoms with Crippen LogP contribution in [0.15, 0.2) is 36.4 Å². The van der Waals surface area contributed by atoms with Gasteiger partial charge in [-0.15, -0.1) is 5.06 Å². The standard InChI is InChI=1S/C25H48N4O6.C25H46N4O6.C18H24N2O4.C10H22N2O2.CH4O.H4N2.H2O/c2*1-16(2)12-20(24(32)26-14-18(5)6)34-28-22(30)10-9-11-23(31)29-35-21(13-17(3)4)25(33)27-15-19(7)8;1-11(2)9-15(16(21)19-10-12(3)4)24-20-17(22)13-7-5-6-8-14(13)18(20)23;1-7(2)5-9(14-11)10(13)12-6-8(3)4;2*1-2;/h16-21H,9-15H2,1-8H3,(H,26,32)(H,27,33)(H,28,30)(H,29,31);9-10,16-21H,11-15H2,1-8H3,(H,26,32)(H,27,33)(H,28,30)(H,29,31);5-8,11-12,15H,9-10H2,1-4H3,(H,19,21);7-9H,5-6,11H2,1-4H3,(H,12,13);2H,1H3;1-2H2;1H2/b;10-9+;;;;;/t2*20-,21-;15-;9-;;;/m1111.../s1. The summed E-state index contributed by atoms with van der Waals surface area (Å²) in [6, 6.07) is 6.54. The van der Waals surface area contributed by atoms with Gasteiger partial charge in [0.1, 0.15) is 0 Å². The molecule has 34 nitrogen and oxygen atoms in total. The highest BCUT2D eigenvalue weighted by Gasteiger charge is 2.40. The molecule has 1 aromatic carbocycles. The lowest BCUT2D eigenvalue weighted by atomic mass is 10.1. The minimum Gasteiger partial charge on any atom is -0.412 e. The zero-order valence-electron chi connectivity index (χ0n) is 72.6. The molecule has 113 heavy (non-hydrogen) atoms. The number of hydrazine groups is 1. The van der Waals surface area contributed by atoms with E-state index >= 15 is 0 Å². The Labute approximate surface area is 673 Å². The number of hydrogen-bond donors (Lipinski definition) is 14. The van der Waals surface area contributed by atoms with Crippen molar-refractivity contribution in [3.8, 4) is 0 Å². The molecular formula is C79H150N14O20. The summed E-state index contributed by atoms with van der Waals surface area (Å²) in [5.41, 5.74) is 9.76. The molecule has 1 aliphatic rings. The van der Waals surface area contributed by atoms with E-state index in [0.717, 1.165) is 13.2 Å². The van der Waals surface area contributed by atoms with E-state index in [0.29, 0.717) is 135 Å². The summed E-state index contributed by atoms with van der Waals surface area (Å²) in [4.78, 5) is 178. The fourth-order valence-electron chi connectivity index (χ4n) is 9.13. The number of hydroxylamine groups is 6. The van der Waals surface area contributed by atoms with Crippen molar-refractivity contribution in [3.05, 3.63) is 47.5 Å². The van der Waals surface area contributed by atoms with E-state index in [2.05, 4.69) is 70.3 Å². The highest BCUT2D eigenvalue weighted by Crippen LogP contribution is 2.25. The SMILES string of the molecule is CC(C)CNC(=O)[C@@H](CC(C)C)ON.CC(C)CNC(=O)[C@@H](CC(C)C)ON1C(=O)c2ccccc2C1=O.CC(C)CNC(=O)[C@@H](CC(C)C)ONC(=O)/C=C/CC(=O)NO[C@H](CC(C)C)C(=O)NCC(C)C.CC(C)CNC(=O)[C@@H](CC(C)C)ONC(=O)CCCC(=O)NO[C@H](CC(C)C)C(=O)NCC(C)C.CO.NN.O. The number of nitrogens with one attached hydrogen (secondary N) is 10. The first-order valence-electron chi connectivity index (χ1n) is 39.3. The number of benzene rings is 1. The Morgan fingerprint density at radius 3 is 0.876 bits per heavy atom. The summed E-state index contributed by atoms with van der Waals surface area (Å²) in [6.45, 7) is 50.9. The molecule has 0 aliphatic carbocycles. The minimum atomic E-state index is -0.883. The van der Waals surface area contributed by atoms with Crippen molar-refractivity contribution in [1.82, 2.24) is 58.9 Å². The largest absolute Gasteiger partial charge is 0.412 e. The molecule has 0 fully saturated rings. The van der Waals surface area contributed by atoms with Gasteiger partial charge in [-0.2, -0.15) is 0 Å². The first-order chi connectivity index (χ1) is 52.4.